The Labute approximate surface area is 203 Å². The lowest BCUT2D eigenvalue weighted by Crippen LogP contribution is -2.54. The molecule has 2 fully saturated rings. The van der Waals surface area contributed by atoms with Crippen molar-refractivity contribution in [3.8, 4) is 0 Å². The number of ketones is 1. The molecule has 0 spiro atoms. The zero-order valence-corrected chi connectivity index (χ0v) is 19.5. The molecule has 35 heavy (non-hydrogen) atoms. The second kappa shape index (κ2) is 8.75. The van der Waals surface area contributed by atoms with Crippen LogP contribution in [0.25, 0.3) is 0 Å². The van der Waals surface area contributed by atoms with Crippen molar-refractivity contribution in [1.82, 2.24) is 29.9 Å². The Hall–Kier alpha value is -3.82. The van der Waals surface area contributed by atoms with E-state index < -0.39 is 0 Å². The lowest BCUT2D eigenvalue weighted by molar-refractivity contribution is -0.131. The van der Waals surface area contributed by atoms with Gasteiger partial charge in [0.2, 0.25) is 5.91 Å². The third kappa shape index (κ3) is 4.13. The Kier molecular flexibility index (Phi) is 5.43. The molecule has 2 N–H and O–H groups in total. The van der Waals surface area contributed by atoms with Crippen molar-refractivity contribution < 1.29 is 9.59 Å². The lowest BCUT2D eigenvalue weighted by atomic mass is 9.95. The highest BCUT2D eigenvalue weighted by Gasteiger charge is 2.36. The summed E-state index contributed by atoms with van der Waals surface area (Å²) >= 11 is 0. The Morgan fingerprint density at radius 1 is 1.17 bits per heavy atom. The minimum atomic E-state index is -0.0197. The maximum Gasteiger partial charge on any atom is 0.242 e. The number of pyridine rings is 2. The number of nitrogens with two attached hydrogens (primary N) is 1. The van der Waals surface area contributed by atoms with Crippen LogP contribution in [0, 0.1) is 0 Å². The van der Waals surface area contributed by atoms with Gasteiger partial charge in [-0.1, -0.05) is 11.3 Å². The molecule has 0 radical (unpaired) electrons. The molecule has 5 heterocycles. The highest BCUT2D eigenvalue weighted by molar-refractivity contribution is 5.94. The van der Waals surface area contributed by atoms with E-state index in [1.54, 1.807) is 23.3 Å². The van der Waals surface area contributed by atoms with Gasteiger partial charge in [-0.05, 0) is 60.4 Å². The molecule has 10 heteroatoms. The van der Waals surface area contributed by atoms with Crippen LogP contribution < -0.4 is 10.6 Å². The van der Waals surface area contributed by atoms with Gasteiger partial charge in [0.25, 0.3) is 0 Å². The van der Waals surface area contributed by atoms with E-state index in [2.05, 4.69) is 25.2 Å². The predicted molar refractivity (Wildman–Crippen MR) is 129 cm³/mol. The number of amides is 1. The van der Waals surface area contributed by atoms with Crippen molar-refractivity contribution in [1.29, 1.82) is 0 Å². The quantitative estimate of drug-likeness (QED) is 0.539. The molecule has 3 aromatic heterocycles. The van der Waals surface area contributed by atoms with Crippen molar-refractivity contribution in [2.45, 2.75) is 50.6 Å². The number of Topliss-reactive ketones (excluding diaryl/α,β-unsaturated/α-hetero) is 1. The number of nitrogens with zero attached hydrogens (tertiary/aromatic N) is 7. The van der Waals surface area contributed by atoms with Gasteiger partial charge in [0, 0.05) is 37.9 Å². The summed E-state index contributed by atoms with van der Waals surface area (Å²) < 4.78 is 1.66. The van der Waals surface area contributed by atoms with Crippen molar-refractivity contribution >= 4 is 23.3 Å². The standard InChI is InChI=1S/C25H28N8O2/c26-25-20-5-4-17(19(20)7-8-27-25)10-22(34)21-14-32(30-29-21)12-16-3-6-23(28-11-16)31-13-18-2-1-9-33(18)24(35)15-31/h3,6-8,11,14,17-18H,1-2,4-5,9-10,12-13,15H2,(H2,26,27)/t17-,18?/m0/s1. The van der Waals surface area contributed by atoms with Crippen LogP contribution in [0.15, 0.2) is 36.8 Å². The van der Waals surface area contributed by atoms with E-state index in [-0.39, 0.29) is 17.6 Å². The molecule has 180 valence electrons. The van der Waals surface area contributed by atoms with Crippen LogP contribution in [-0.4, -0.2) is 67.2 Å². The monoisotopic (exact) mass is 472 g/mol. The summed E-state index contributed by atoms with van der Waals surface area (Å²) in [6.45, 7) is 2.57. The summed E-state index contributed by atoms with van der Waals surface area (Å²) in [5.74, 6) is 1.69. The van der Waals surface area contributed by atoms with Gasteiger partial charge in [-0.15, -0.1) is 5.10 Å². The van der Waals surface area contributed by atoms with Crippen LogP contribution in [-0.2, 0) is 17.8 Å². The van der Waals surface area contributed by atoms with E-state index in [9.17, 15) is 9.59 Å². The largest absolute Gasteiger partial charge is 0.383 e. The fourth-order valence-corrected chi connectivity index (χ4v) is 5.68. The maximum atomic E-state index is 12.9. The predicted octanol–water partition coefficient (Wildman–Crippen LogP) is 1.81. The summed E-state index contributed by atoms with van der Waals surface area (Å²) in [5.41, 5.74) is 9.51. The average Bonchev–Trinajstić information content (AvgIpc) is 3.60. The number of hydrogen-bond donors (Lipinski definition) is 1. The molecule has 2 saturated heterocycles. The highest BCUT2D eigenvalue weighted by atomic mass is 16.2. The van der Waals surface area contributed by atoms with Crippen LogP contribution in [0.2, 0.25) is 0 Å². The van der Waals surface area contributed by atoms with Gasteiger partial charge in [-0.2, -0.15) is 0 Å². The number of carbonyl (C=O) groups is 2. The van der Waals surface area contributed by atoms with Crippen molar-refractivity contribution in [2.75, 3.05) is 30.3 Å². The van der Waals surface area contributed by atoms with Gasteiger partial charge in [0.1, 0.15) is 17.3 Å². The van der Waals surface area contributed by atoms with E-state index in [0.717, 1.165) is 61.3 Å². The summed E-state index contributed by atoms with van der Waals surface area (Å²) in [6, 6.07) is 6.21. The van der Waals surface area contributed by atoms with Gasteiger partial charge in [0.05, 0.1) is 19.3 Å². The minimum absolute atomic E-state index is 0.0197. The van der Waals surface area contributed by atoms with E-state index in [0.29, 0.717) is 37.1 Å². The number of rotatable bonds is 6. The number of anilines is 2. The van der Waals surface area contributed by atoms with E-state index in [1.165, 1.54) is 0 Å². The van der Waals surface area contributed by atoms with Crippen molar-refractivity contribution in [2.24, 2.45) is 0 Å². The molecule has 2 aliphatic heterocycles. The molecular formula is C25H28N8O2. The van der Waals surface area contributed by atoms with Gasteiger partial charge in [0.15, 0.2) is 5.78 Å². The molecule has 3 aliphatic rings. The minimum Gasteiger partial charge on any atom is -0.383 e. The van der Waals surface area contributed by atoms with Gasteiger partial charge in [-0.25, -0.2) is 14.6 Å². The first kappa shape index (κ1) is 21.7. The zero-order chi connectivity index (χ0) is 23.9. The smallest absolute Gasteiger partial charge is 0.242 e. The fraction of sp³-hybridized carbons (Fsp3) is 0.440. The van der Waals surface area contributed by atoms with Crippen LogP contribution in [0.4, 0.5) is 11.6 Å². The van der Waals surface area contributed by atoms with Gasteiger partial charge >= 0.3 is 0 Å². The van der Waals surface area contributed by atoms with Gasteiger partial charge < -0.3 is 15.5 Å². The second-order valence-corrected chi connectivity index (χ2v) is 9.72. The van der Waals surface area contributed by atoms with Crippen LogP contribution in [0.3, 0.4) is 0 Å². The molecule has 0 aromatic carbocycles. The van der Waals surface area contributed by atoms with Crippen LogP contribution in [0.1, 0.15) is 58.8 Å². The molecular weight excluding hydrogens is 444 g/mol. The first-order valence-corrected chi connectivity index (χ1v) is 12.2. The Morgan fingerprint density at radius 2 is 2.09 bits per heavy atom. The third-order valence-corrected chi connectivity index (χ3v) is 7.50. The second-order valence-electron chi connectivity index (χ2n) is 9.72. The van der Waals surface area contributed by atoms with E-state index >= 15 is 0 Å². The fourth-order valence-electron chi connectivity index (χ4n) is 5.68. The topological polar surface area (TPSA) is 123 Å². The molecule has 3 aromatic rings. The number of nitrogen functional groups attached to an aromatic ring is 1. The summed E-state index contributed by atoms with van der Waals surface area (Å²) in [7, 11) is 0. The number of hydrogen-bond acceptors (Lipinski definition) is 8. The molecule has 1 unspecified atom stereocenters. The summed E-state index contributed by atoms with van der Waals surface area (Å²) in [5, 5.41) is 8.27. The van der Waals surface area contributed by atoms with E-state index in [1.807, 2.05) is 23.1 Å². The molecule has 0 bridgehead atoms. The lowest BCUT2D eigenvalue weighted by Gasteiger charge is -2.37. The first-order chi connectivity index (χ1) is 17.0. The Balaban J connectivity index is 1.08. The number of aromatic nitrogens is 5. The Morgan fingerprint density at radius 3 is 2.94 bits per heavy atom. The number of fused-ring (bicyclic) bond motifs is 2. The van der Waals surface area contributed by atoms with Crippen LogP contribution in [0.5, 0.6) is 0 Å². The van der Waals surface area contributed by atoms with Crippen LogP contribution >= 0.6 is 0 Å². The first-order valence-electron chi connectivity index (χ1n) is 12.2. The normalized spacial score (nSPS) is 21.3. The SMILES string of the molecule is Nc1nccc2c1CC[C@H]2CC(=O)c1cn(Cc2ccc(N3CC(=O)N4CCCC4C3)nc2)nn1. The average molecular weight is 473 g/mol. The number of carbonyl (C=O) groups excluding carboxylic acids is 2. The molecule has 6 rings (SSSR count). The van der Waals surface area contributed by atoms with Gasteiger partial charge in [-0.3, -0.25) is 9.59 Å². The van der Waals surface area contributed by atoms with Crippen molar-refractivity contribution in [3.05, 3.63) is 59.2 Å². The molecule has 0 saturated carbocycles. The molecule has 10 nitrogen and oxygen atoms in total. The molecule has 1 aliphatic carbocycles. The summed E-state index contributed by atoms with van der Waals surface area (Å²) in [4.78, 5) is 38.1. The summed E-state index contributed by atoms with van der Waals surface area (Å²) in [6.07, 6.45) is 9.49. The number of piperazine rings is 1. The maximum absolute atomic E-state index is 12.9. The zero-order valence-electron chi connectivity index (χ0n) is 19.5. The van der Waals surface area contributed by atoms with E-state index in [4.69, 9.17) is 5.73 Å². The molecule has 2 atom stereocenters. The Bertz CT molecular complexity index is 1270. The highest BCUT2D eigenvalue weighted by Crippen LogP contribution is 2.37. The van der Waals surface area contributed by atoms with Crippen molar-refractivity contribution in [3.63, 3.8) is 0 Å². The molecule has 1 amide bonds. The third-order valence-electron chi connectivity index (χ3n) is 7.50.